The molecule has 0 unspecified atom stereocenters. The van der Waals surface area contributed by atoms with Crippen LogP contribution in [0, 0.1) is 0 Å². The van der Waals surface area contributed by atoms with Crippen molar-refractivity contribution in [2.24, 2.45) is 0 Å². The van der Waals surface area contributed by atoms with E-state index in [1.165, 1.54) is 12.8 Å². The average Bonchev–Trinajstić information content (AvgIpc) is 3.36. The van der Waals surface area contributed by atoms with Gasteiger partial charge in [0, 0.05) is 30.2 Å². The third kappa shape index (κ3) is 3.94. The summed E-state index contributed by atoms with van der Waals surface area (Å²) in [5.74, 6) is -0.680. The molecular formula is C18H25N3O3. The highest BCUT2D eigenvalue weighted by Gasteiger charge is 2.39. The van der Waals surface area contributed by atoms with E-state index in [9.17, 15) is 14.7 Å². The summed E-state index contributed by atoms with van der Waals surface area (Å²) in [7, 11) is 0. The van der Waals surface area contributed by atoms with Gasteiger partial charge in [-0.25, -0.2) is 0 Å². The van der Waals surface area contributed by atoms with Crippen LogP contribution in [0.4, 0.5) is 0 Å². The number of benzene rings is 1. The maximum Gasteiger partial charge on any atom is 0.251 e. The number of carbonyl (C=O) groups excluding carboxylic acids is 2. The van der Waals surface area contributed by atoms with Crippen LogP contribution in [-0.4, -0.2) is 59.1 Å². The number of carbonyl (C=O) groups is 2. The second kappa shape index (κ2) is 7.32. The van der Waals surface area contributed by atoms with Crippen LogP contribution < -0.4 is 10.6 Å². The van der Waals surface area contributed by atoms with Crippen molar-refractivity contribution in [2.45, 2.75) is 50.4 Å². The highest BCUT2D eigenvalue weighted by atomic mass is 16.3. The maximum absolute atomic E-state index is 12.4. The van der Waals surface area contributed by atoms with Crippen molar-refractivity contribution in [2.75, 3.05) is 13.2 Å². The minimum absolute atomic E-state index is 0.0794. The number of aliphatic hydroxyl groups is 1. The maximum atomic E-state index is 12.4. The Morgan fingerprint density at radius 1 is 1.29 bits per heavy atom. The molecule has 6 nitrogen and oxygen atoms in total. The molecule has 0 spiro atoms. The smallest absolute Gasteiger partial charge is 0.251 e. The van der Waals surface area contributed by atoms with Gasteiger partial charge < -0.3 is 15.7 Å². The van der Waals surface area contributed by atoms with Gasteiger partial charge in [-0.05, 0) is 38.3 Å². The van der Waals surface area contributed by atoms with Gasteiger partial charge in [-0.1, -0.05) is 18.2 Å². The van der Waals surface area contributed by atoms with Crippen molar-refractivity contribution in [1.82, 2.24) is 15.5 Å². The van der Waals surface area contributed by atoms with Crippen molar-refractivity contribution in [3.63, 3.8) is 0 Å². The van der Waals surface area contributed by atoms with Gasteiger partial charge in [-0.2, -0.15) is 0 Å². The van der Waals surface area contributed by atoms with E-state index >= 15 is 0 Å². The van der Waals surface area contributed by atoms with Gasteiger partial charge in [0.05, 0.1) is 6.61 Å². The zero-order valence-corrected chi connectivity index (χ0v) is 13.9. The molecule has 3 rings (SSSR count). The van der Waals surface area contributed by atoms with E-state index in [4.69, 9.17) is 0 Å². The molecule has 2 amide bonds. The van der Waals surface area contributed by atoms with E-state index in [-0.39, 0.29) is 17.9 Å². The first-order valence-corrected chi connectivity index (χ1v) is 8.61. The Morgan fingerprint density at radius 2 is 2.00 bits per heavy atom. The molecule has 1 aliphatic carbocycles. The quantitative estimate of drug-likeness (QED) is 0.710. The second-order valence-electron chi connectivity index (χ2n) is 6.79. The molecule has 1 aliphatic heterocycles. The number of hydrogen-bond acceptors (Lipinski definition) is 4. The van der Waals surface area contributed by atoms with Gasteiger partial charge in [-0.15, -0.1) is 0 Å². The predicted octanol–water partition coefficient (Wildman–Crippen LogP) is 0.519. The van der Waals surface area contributed by atoms with Gasteiger partial charge in [0.25, 0.3) is 5.91 Å². The number of nitrogens with zero attached hydrogens (tertiary/aromatic N) is 1. The minimum atomic E-state index is -0.928. The fraction of sp³-hybridized carbons (Fsp3) is 0.556. The van der Waals surface area contributed by atoms with Crippen LogP contribution in [0.25, 0.3) is 0 Å². The van der Waals surface area contributed by atoms with Gasteiger partial charge in [-0.3, -0.25) is 14.5 Å². The molecule has 0 radical (unpaired) electrons. The highest BCUT2D eigenvalue weighted by molar-refractivity contribution is 5.97. The van der Waals surface area contributed by atoms with Crippen molar-refractivity contribution in [3.8, 4) is 0 Å². The number of nitrogens with one attached hydrogen (secondary N) is 2. The number of rotatable bonds is 6. The van der Waals surface area contributed by atoms with E-state index < -0.39 is 12.6 Å². The Balaban J connectivity index is 1.53. The molecule has 3 N–H and O–H groups in total. The topological polar surface area (TPSA) is 81.7 Å². The van der Waals surface area contributed by atoms with Crippen molar-refractivity contribution < 1.29 is 14.7 Å². The number of likely N-dealkylation sites (tertiary alicyclic amines) is 1. The number of hydrogen-bond donors (Lipinski definition) is 3. The lowest BCUT2D eigenvalue weighted by Crippen LogP contribution is -2.52. The van der Waals surface area contributed by atoms with Gasteiger partial charge in [0.15, 0.2) is 0 Å². The Labute approximate surface area is 142 Å². The first kappa shape index (κ1) is 16.9. The third-order valence-electron chi connectivity index (χ3n) is 4.83. The molecule has 0 bridgehead atoms. The lowest BCUT2D eigenvalue weighted by Gasteiger charge is -2.21. The van der Waals surface area contributed by atoms with Crippen LogP contribution in [0.3, 0.4) is 0 Å². The molecule has 2 aliphatic rings. The number of aliphatic hydroxyl groups excluding tert-OH is 1. The van der Waals surface area contributed by atoms with Crippen LogP contribution in [0.5, 0.6) is 0 Å². The normalized spacial score (nSPS) is 25.2. The molecule has 0 aromatic heterocycles. The molecule has 1 saturated heterocycles. The van der Waals surface area contributed by atoms with E-state index in [0.717, 1.165) is 13.0 Å². The van der Waals surface area contributed by atoms with E-state index in [0.29, 0.717) is 17.6 Å². The van der Waals surface area contributed by atoms with Crippen LogP contribution in [0.2, 0.25) is 0 Å². The standard InChI is InChI=1S/C18H25N3O3/c1-12-9-14(10-21(12)15-7-8-15)19-18(24)16(11-22)20-17(23)13-5-3-2-4-6-13/h2-6,12,14-16,22H,7-11H2,1H3,(H,19,24)(H,20,23)/t12-,14+,16+/m1/s1. The molecule has 1 saturated carbocycles. The zero-order chi connectivity index (χ0) is 17.1. The monoisotopic (exact) mass is 331 g/mol. The molecule has 2 fully saturated rings. The number of amides is 2. The Kier molecular flexibility index (Phi) is 5.16. The largest absolute Gasteiger partial charge is 0.394 e. The average molecular weight is 331 g/mol. The summed E-state index contributed by atoms with van der Waals surface area (Å²) in [4.78, 5) is 27.0. The van der Waals surface area contributed by atoms with Crippen molar-refractivity contribution in [1.29, 1.82) is 0 Å². The first-order chi connectivity index (χ1) is 11.6. The first-order valence-electron chi connectivity index (χ1n) is 8.61. The SMILES string of the molecule is C[C@@H]1C[C@H](NC(=O)[C@H](CO)NC(=O)c2ccccc2)CN1C1CC1. The predicted molar refractivity (Wildman–Crippen MR) is 90.5 cm³/mol. The Hall–Kier alpha value is -1.92. The zero-order valence-electron chi connectivity index (χ0n) is 13.9. The molecule has 1 aromatic rings. The summed E-state index contributed by atoms with van der Waals surface area (Å²) in [6, 6.07) is 8.98. The molecule has 1 heterocycles. The summed E-state index contributed by atoms with van der Waals surface area (Å²) in [5.41, 5.74) is 0.471. The van der Waals surface area contributed by atoms with Crippen molar-refractivity contribution >= 4 is 11.8 Å². The van der Waals surface area contributed by atoms with Crippen LogP contribution in [-0.2, 0) is 4.79 Å². The van der Waals surface area contributed by atoms with Crippen LogP contribution in [0.15, 0.2) is 30.3 Å². The van der Waals surface area contributed by atoms with E-state index in [1.54, 1.807) is 24.3 Å². The van der Waals surface area contributed by atoms with Crippen molar-refractivity contribution in [3.05, 3.63) is 35.9 Å². The van der Waals surface area contributed by atoms with Gasteiger partial charge in [0.1, 0.15) is 6.04 Å². The lowest BCUT2D eigenvalue weighted by atomic mass is 10.1. The Bertz CT molecular complexity index is 588. The Morgan fingerprint density at radius 3 is 2.62 bits per heavy atom. The summed E-state index contributed by atoms with van der Waals surface area (Å²) < 4.78 is 0. The summed E-state index contributed by atoms with van der Waals surface area (Å²) >= 11 is 0. The molecule has 130 valence electrons. The summed E-state index contributed by atoms with van der Waals surface area (Å²) in [6.07, 6.45) is 3.40. The van der Waals surface area contributed by atoms with Crippen LogP contribution >= 0.6 is 0 Å². The second-order valence-corrected chi connectivity index (χ2v) is 6.79. The summed E-state index contributed by atoms with van der Waals surface area (Å²) in [5, 5.41) is 15.1. The lowest BCUT2D eigenvalue weighted by molar-refractivity contribution is -0.124. The summed E-state index contributed by atoms with van der Waals surface area (Å²) in [6.45, 7) is 2.62. The fourth-order valence-electron chi connectivity index (χ4n) is 3.40. The third-order valence-corrected chi connectivity index (χ3v) is 4.83. The van der Waals surface area contributed by atoms with Gasteiger partial charge in [0.2, 0.25) is 5.91 Å². The molecule has 1 aromatic carbocycles. The fourth-order valence-corrected chi connectivity index (χ4v) is 3.40. The van der Waals surface area contributed by atoms with E-state index in [2.05, 4.69) is 22.5 Å². The molecule has 24 heavy (non-hydrogen) atoms. The minimum Gasteiger partial charge on any atom is -0.394 e. The van der Waals surface area contributed by atoms with E-state index in [1.807, 2.05) is 6.07 Å². The highest BCUT2D eigenvalue weighted by Crippen LogP contribution is 2.33. The molecular weight excluding hydrogens is 306 g/mol. The molecule has 6 heteroatoms. The van der Waals surface area contributed by atoms with Gasteiger partial charge >= 0.3 is 0 Å². The molecule has 3 atom stereocenters. The van der Waals surface area contributed by atoms with Crippen LogP contribution in [0.1, 0.15) is 36.5 Å².